The number of carbonyl (C=O) groups excluding carboxylic acids is 2. The fraction of sp³-hybridized carbons (Fsp3) is 0.333. The van der Waals surface area contributed by atoms with Crippen molar-refractivity contribution in [2.45, 2.75) is 57.3 Å². The number of hydrogen-bond donors (Lipinski definition) is 3. The molecule has 3 N–H and O–H groups in total. The second kappa shape index (κ2) is 9.62. The Labute approximate surface area is 217 Å². The molecule has 2 aliphatic rings. The molecule has 2 fully saturated rings. The Hall–Kier alpha value is -4.15. The number of rotatable bonds is 9. The standard InChI is InChI=1S/C27H27F3N6O2/c1-26(24(37)34-25(38)35-26)18-7-3-16(4-8-18)13-31-22-21(28)23(33-15-32-22)36(20-11-12-20)14-17-5-9-19(10-6-17)27(2,29)30/h3-10,15,20H,11-14H2,1-2H3,(H,31,32,33)(H2,34,35,37,38). The van der Waals surface area contributed by atoms with Crippen LogP contribution in [0.3, 0.4) is 0 Å². The van der Waals surface area contributed by atoms with Crippen molar-refractivity contribution < 1.29 is 22.8 Å². The Morgan fingerprint density at radius 3 is 2.29 bits per heavy atom. The zero-order valence-electron chi connectivity index (χ0n) is 20.9. The van der Waals surface area contributed by atoms with E-state index in [2.05, 4.69) is 25.9 Å². The SMILES string of the molecule is CC(F)(F)c1ccc(CN(c2ncnc(NCc3ccc(C4(C)NC(=O)NC4=O)cc3)c2F)C2CC2)cc1. The number of nitrogens with one attached hydrogen (secondary N) is 3. The molecule has 0 bridgehead atoms. The van der Waals surface area contributed by atoms with E-state index in [0.29, 0.717) is 12.1 Å². The Bertz CT molecular complexity index is 1360. The van der Waals surface area contributed by atoms with E-state index in [0.717, 1.165) is 30.9 Å². The van der Waals surface area contributed by atoms with Gasteiger partial charge in [0, 0.05) is 31.6 Å². The average molecular weight is 525 g/mol. The molecule has 3 amide bonds. The third-order valence-electron chi connectivity index (χ3n) is 6.88. The van der Waals surface area contributed by atoms with E-state index in [1.807, 2.05) is 4.90 Å². The molecule has 198 valence electrons. The van der Waals surface area contributed by atoms with Gasteiger partial charge in [-0.3, -0.25) is 10.1 Å². The summed E-state index contributed by atoms with van der Waals surface area (Å²) in [7, 11) is 0. The number of aromatic nitrogens is 2. The lowest BCUT2D eigenvalue weighted by atomic mass is 9.91. The van der Waals surface area contributed by atoms with Crippen LogP contribution < -0.4 is 20.9 Å². The summed E-state index contributed by atoms with van der Waals surface area (Å²) in [5, 5.41) is 7.85. The summed E-state index contributed by atoms with van der Waals surface area (Å²) in [6.45, 7) is 3.07. The van der Waals surface area contributed by atoms with Gasteiger partial charge in [-0.05, 0) is 36.5 Å². The Kier molecular flexibility index (Phi) is 6.46. The van der Waals surface area contributed by atoms with Crippen molar-refractivity contribution >= 4 is 23.6 Å². The van der Waals surface area contributed by atoms with Crippen molar-refractivity contribution in [3.05, 3.63) is 82.9 Å². The molecule has 1 aliphatic carbocycles. The minimum Gasteiger partial charge on any atom is -0.363 e. The van der Waals surface area contributed by atoms with Crippen LogP contribution in [0, 0.1) is 5.82 Å². The third-order valence-corrected chi connectivity index (χ3v) is 6.88. The van der Waals surface area contributed by atoms with Crippen LogP contribution in [0.5, 0.6) is 0 Å². The maximum atomic E-state index is 15.5. The number of halogens is 3. The summed E-state index contributed by atoms with van der Waals surface area (Å²) in [6.07, 6.45) is 3.07. The molecular formula is C27H27F3N6O2. The Morgan fingerprint density at radius 2 is 1.71 bits per heavy atom. The smallest absolute Gasteiger partial charge is 0.322 e. The topological polar surface area (TPSA) is 99.2 Å². The monoisotopic (exact) mass is 524 g/mol. The average Bonchev–Trinajstić information content (AvgIpc) is 3.68. The Morgan fingerprint density at radius 1 is 1.05 bits per heavy atom. The highest BCUT2D eigenvalue weighted by Crippen LogP contribution is 2.35. The number of amides is 3. The van der Waals surface area contributed by atoms with Crippen molar-refractivity contribution in [3.63, 3.8) is 0 Å². The van der Waals surface area contributed by atoms with E-state index in [1.54, 1.807) is 43.3 Å². The van der Waals surface area contributed by atoms with Crippen molar-refractivity contribution in [2.24, 2.45) is 0 Å². The van der Waals surface area contributed by atoms with Crippen LogP contribution in [-0.2, 0) is 29.3 Å². The zero-order valence-corrected chi connectivity index (χ0v) is 20.9. The molecule has 1 aromatic heterocycles. The summed E-state index contributed by atoms with van der Waals surface area (Å²) < 4.78 is 42.7. The van der Waals surface area contributed by atoms with Gasteiger partial charge >= 0.3 is 6.03 Å². The van der Waals surface area contributed by atoms with Gasteiger partial charge in [0.15, 0.2) is 11.6 Å². The molecule has 8 nitrogen and oxygen atoms in total. The van der Waals surface area contributed by atoms with Crippen molar-refractivity contribution in [1.29, 1.82) is 0 Å². The normalized spacial score (nSPS) is 19.2. The van der Waals surface area contributed by atoms with Gasteiger partial charge in [0.25, 0.3) is 11.8 Å². The minimum atomic E-state index is -2.92. The molecule has 38 heavy (non-hydrogen) atoms. The zero-order chi connectivity index (χ0) is 27.1. The fourth-order valence-corrected chi connectivity index (χ4v) is 4.43. The van der Waals surface area contributed by atoms with Gasteiger partial charge in [0.05, 0.1) is 0 Å². The van der Waals surface area contributed by atoms with Gasteiger partial charge < -0.3 is 15.5 Å². The summed E-state index contributed by atoms with van der Waals surface area (Å²) in [5.74, 6) is -3.75. The van der Waals surface area contributed by atoms with E-state index in [4.69, 9.17) is 0 Å². The van der Waals surface area contributed by atoms with Crippen LogP contribution in [0.25, 0.3) is 0 Å². The van der Waals surface area contributed by atoms with Crippen LogP contribution in [0.15, 0.2) is 54.9 Å². The lowest BCUT2D eigenvalue weighted by Gasteiger charge is -2.25. The number of benzene rings is 2. The molecule has 0 spiro atoms. The summed E-state index contributed by atoms with van der Waals surface area (Å²) >= 11 is 0. The molecular weight excluding hydrogens is 497 g/mol. The molecule has 0 radical (unpaired) electrons. The van der Waals surface area contributed by atoms with Crippen molar-refractivity contribution in [3.8, 4) is 0 Å². The quantitative estimate of drug-likeness (QED) is 0.355. The molecule has 1 saturated carbocycles. The molecule has 11 heteroatoms. The molecule has 1 unspecified atom stereocenters. The van der Waals surface area contributed by atoms with Crippen LogP contribution in [0.1, 0.15) is 48.9 Å². The van der Waals surface area contributed by atoms with Gasteiger partial charge in [-0.15, -0.1) is 0 Å². The van der Waals surface area contributed by atoms with Gasteiger partial charge in [0.2, 0.25) is 5.82 Å². The molecule has 2 aromatic carbocycles. The van der Waals surface area contributed by atoms with Gasteiger partial charge in [-0.1, -0.05) is 48.5 Å². The number of carbonyl (C=O) groups is 2. The number of anilines is 2. The summed E-state index contributed by atoms with van der Waals surface area (Å²) in [5.41, 5.74) is 0.987. The van der Waals surface area contributed by atoms with Crippen LogP contribution in [0.2, 0.25) is 0 Å². The van der Waals surface area contributed by atoms with Gasteiger partial charge in [-0.2, -0.15) is 4.39 Å². The lowest BCUT2D eigenvalue weighted by molar-refractivity contribution is -0.123. The van der Waals surface area contributed by atoms with Crippen molar-refractivity contribution in [2.75, 3.05) is 10.2 Å². The molecule has 1 aliphatic heterocycles. The van der Waals surface area contributed by atoms with E-state index >= 15 is 4.39 Å². The predicted molar refractivity (Wildman–Crippen MR) is 135 cm³/mol. The molecule has 1 saturated heterocycles. The van der Waals surface area contributed by atoms with Gasteiger partial charge in [-0.25, -0.2) is 23.5 Å². The van der Waals surface area contributed by atoms with Crippen LogP contribution in [0.4, 0.5) is 29.6 Å². The number of hydrogen-bond acceptors (Lipinski definition) is 6. The van der Waals surface area contributed by atoms with Crippen LogP contribution >= 0.6 is 0 Å². The third kappa shape index (κ3) is 5.13. The van der Waals surface area contributed by atoms with Crippen LogP contribution in [-0.4, -0.2) is 27.9 Å². The maximum absolute atomic E-state index is 15.5. The van der Waals surface area contributed by atoms with E-state index < -0.39 is 29.2 Å². The summed E-state index contributed by atoms with van der Waals surface area (Å²) in [6, 6.07) is 12.6. The molecule has 5 rings (SSSR count). The highest BCUT2D eigenvalue weighted by atomic mass is 19.3. The predicted octanol–water partition coefficient (Wildman–Crippen LogP) is 4.56. The van der Waals surface area contributed by atoms with Crippen molar-refractivity contribution in [1.82, 2.24) is 20.6 Å². The van der Waals surface area contributed by atoms with Gasteiger partial charge in [0.1, 0.15) is 11.9 Å². The number of alkyl halides is 2. The van der Waals surface area contributed by atoms with E-state index in [9.17, 15) is 18.4 Å². The number of urea groups is 1. The first-order chi connectivity index (χ1) is 18.0. The first-order valence-corrected chi connectivity index (χ1v) is 12.3. The molecule has 1 atom stereocenters. The lowest BCUT2D eigenvalue weighted by Crippen LogP contribution is -2.40. The van der Waals surface area contributed by atoms with E-state index in [1.165, 1.54) is 18.5 Å². The Balaban J connectivity index is 1.29. The second-order valence-electron chi connectivity index (χ2n) is 9.89. The largest absolute Gasteiger partial charge is 0.363 e. The second-order valence-corrected chi connectivity index (χ2v) is 9.89. The van der Waals surface area contributed by atoms with E-state index in [-0.39, 0.29) is 29.8 Å². The highest BCUT2D eigenvalue weighted by Gasteiger charge is 2.43. The number of nitrogens with zero attached hydrogens (tertiary/aromatic N) is 3. The maximum Gasteiger partial charge on any atom is 0.322 e. The first kappa shape index (κ1) is 25.5. The minimum absolute atomic E-state index is 0.0418. The first-order valence-electron chi connectivity index (χ1n) is 12.3. The fourth-order valence-electron chi connectivity index (χ4n) is 4.43. The molecule has 3 aromatic rings. The highest BCUT2D eigenvalue weighted by molar-refractivity contribution is 6.07. The number of imide groups is 1. The summed E-state index contributed by atoms with van der Waals surface area (Å²) in [4.78, 5) is 33.8. The molecule has 2 heterocycles.